The summed E-state index contributed by atoms with van der Waals surface area (Å²) in [5, 5.41) is 8.67. The Morgan fingerprint density at radius 2 is 2.33 bits per heavy atom. The van der Waals surface area contributed by atoms with Crippen LogP contribution in [0.5, 0.6) is 5.75 Å². The summed E-state index contributed by atoms with van der Waals surface area (Å²) in [6.07, 6.45) is 3.14. The Morgan fingerprint density at radius 3 is 3.07 bits per heavy atom. The summed E-state index contributed by atoms with van der Waals surface area (Å²) >= 11 is 0. The highest BCUT2D eigenvalue weighted by Crippen LogP contribution is 2.30. The number of carboxylic acid groups (broad SMARTS) is 1. The predicted octanol–water partition coefficient (Wildman–Crippen LogP) is 1.86. The average Bonchev–Trinajstić information content (AvgIpc) is 2.22. The van der Waals surface area contributed by atoms with Gasteiger partial charge in [0, 0.05) is 5.56 Å². The number of hydrogen-bond acceptors (Lipinski definition) is 2. The van der Waals surface area contributed by atoms with E-state index in [9.17, 15) is 9.18 Å². The minimum atomic E-state index is -0.957. The predicted molar refractivity (Wildman–Crippen MR) is 52.3 cm³/mol. The number of carbonyl (C=O) groups is 1. The zero-order valence-corrected chi connectivity index (χ0v) is 7.87. The van der Waals surface area contributed by atoms with Crippen LogP contribution in [0.25, 0.3) is 6.08 Å². The minimum Gasteiger partial charge on any atom is -0.488 e. The smallest absolute Gasteiger partial charge is 0.307 e. The SMILES string of the molecule is O=C(O)Cc1ccc(F)c2c1OCC=C2. The van der Waals surface area contributed by atoms with Crippen LogP contribution in [-0.4, -0.2) is 17.7 Å². The second-order valence-electron chi connectivity index (χ2n) is 3.23. The molecule has 0 aromatic heterocycles. The summed E-state index contributed by atoms with van der Waals surface area (Å²) in [4.78, 5) is 10.6. The molecule has 0 saturated heterocycles. The van der Waals surface area contributed by atoms with E-state index in [1.807, 2.05) is 0 Å². The number of aliphatic carboxylic acids is 1. The first-order valence-corrected chi connectivity index (χ1v) is 4.51. The third kappa shape index (κ3) is 1.83. The lowest BCUT2D eigenvalue weighted by Gasteiger charge is -2.16. The molecule has 0 atom stereocenters. The van der Waals surface area contributed by atoms with Gasteiger partial charge in [0.15, 0.2) is 0 Å². The maximum atomic E-state index is 13.3. The number of ether oxygens (including phenoxy) is 1. The molecule has 0 amide bonds. The van der Waals surface area contributed by atoms with Crippen molar-refractivity contribution in [2.45, 2.75) is 6.42 Å². The molecular weight excluding hydrogens is 199 g/mol. The first-order valence-electron chi connectivity index (χ1n) is 4.51. The van der Waals surface area contributed by atoms with Gasteiger partial charge >= 0.3 is 5.97 Å². The molecule has 1 aromatic carbocycles. The van der Waals surface area contributed by atoms with E-state index in [1.54, 1.807) is 12.2 Å². The van der Waals surface area contributed by atoms with Crippen molar-refractivity contribution >= 4 is 12.0 Å². The van der Waals surface area contributed by atoms with Crippen molar-refractivity contribution in [3.8, 4) is 5.75 Å². The molecule has 0 radical (unpaired) electrons. The summed E-state index contributed by atoms with van der Waals surface area (Å²) in [6, 6.07) is 2.71. The molecule has 2 rings (SSSR count). The molecule has 0 spiro atoms. The molecule has 3 nitrogen and oxygen atoms in total. The number of benzene rings is 1. The number of hydrogen-bond donors (Lipinski definition) is 1. The Morgan fingerprint density at radius 1 is 1.53 bits per heavy atom. The molecule has 4 heteroatoms. The fourth-order valence-corrected chi connectivity index (χ4v) is 1.55. The summed E-state index contributed by atoms with van der Waals surface area (Å²) in [6.45, 7) is 0.350. The molecule has 0 fully saturated rings. The molecule has 0 saturated carbocycles. The minimum absolute atomic E-state index is 0.156. The molecule has 0 bridgehead atoms. The highest BCUT2D eigenvalue weighted by molar-refractivity contribution is 5.73. The summed E-state index contributed by atoms with van der Waals surface area (Å²) in [7, 11) is 0. The average molecular weight is 208 g/mol. The van der Waals surface area contributed by atoms with Gasteiger partial charge < -0.3 is 9.84 Å². The molecule has 1 heterocycles. The van der Waals surface area contributed by atoms with Gasteiger partial charge in [-0.05, 0) is 18.2 Å². The molecule has 78 valence electrons. The Labute approximate surface area is 85.8 Å². The first kappa shape index (κ1) is 9.71. The van der Waals surface area contributed by atoms with Crippen molar-refractivity contribution in [2.24, 2.45) is 0 Å². The lowest BCUT2D eigenvalue weighted by atomic mass is 10.0. The first-order chi connectivity index (χ1) is 7.18. The Balaban J connectivity index is 2.49. The van der Waals surface area contributed by atoms with Crippen molar-refractivity contribution in [1.29, 1.82) is 0 Å². The van der Waals surface area contributed by atoms with Crippen LogP contribution >= 0.6 is 0 Å². The second kappa shape index (κ2) is 3.73. The fraction of sp³-hybridized carbons (Fsp3) is 0.182. The summed E-state index contributed by atoms with van der Waals surface area (Å²) in [5.41, 5.74) is 0.836. The molecule has 1 aromatic rings. The van der Waals surface area contributed by atoms with Gasteiger partial charge in [-0.1, -0.05) is 6.07 Å². The number of rotatable bonds is 2. The fourth-order valence-electron chi connectivity index (χ4n) is 1.55. The maximum absolute atomic E-state index is 13.3. The van der Waals surface area contributed by atoms with Gasteiger partial charge in [-0.25, -0.2) is 4.39 Å². The van der Waals surface area contributed by atoms with Gasteiger partial charge in [-0.3, -0.25) is 4.79 Å². The summed E-state index contributed by atoms with van der Waals surface area (Å²) < 4.78 is 18.6. The molecule has 1 aliphatic heterocycles. The molecule has 0 unspecified atom stereocenters. The lowest BCUT2D eigenvalue weighted by molar-refractivity contribution is -0.136. The van der Waals surface area contributed by atoms with E-state index in [4.69, 9.17) is 9.84 Å². The van der Waals surface area contributed by atoms with Gasteiger partial charge in [0.05, 0.1) is 12.0 Å². The van der Waals surface area contributed by atoms with Gasteiger partial charge in [0.2, 0.25) is 0 Å². The van der Waals surface area contributed by atoms with E-state index in [-0.39, 0.29) is 6.42 Å². The van der Waals surface area contributed by atoms with E-state index >= 15 is 0 Å². The Kier molecular flexibility index (Phi) is 2.41. The molecule has 1 N–H and O–H groups in total. The monoisotopic (exact) mass is 208 g/mol. The van der Waals surface area contributed by atoms with Crippen LogP contribution in [0.4, 0.5) is 4.39 Å². The third-order valence-corrected chi connectivity index (χ3v) is 2.17. The van der Waals surface area contributed by atoms with Crippen LogP contribution in [0.2, 0.25) is 0 Å². The largest absolute Gasteiger partial charge is 0.488 e. The van der Waals surface area contributed by atoms with Gasteiger partial charge in [0.1, 0.15) is 18.2 Å². The van der Waals surface area contributed by atoms with E-state index in [2.05, 4.69) is 0 Å². The number of halogens is 1. The normalized spacial score (nSPS) is 13.1. The Bertz CT molecular complexity index is 438. The number of carboxylic acids is 1. The molecular formula is C11H9FO3. The zero-order chi connectivity index (χ0) is 10.8. The highest BCUT2D eigenvalue weighted by atomic mass is 19.1. The van der Waals surface area contributed by atoms with Gasteiger partial charge in [-0.15, -0.1) is 0 Å². The third-order valence-electron chi connectivity index (χ3n) is 2.17. The molecule has 15 heavy (non-hydrogen) atoms. The van der Waals surface area contributed by atoms with Crippen LogP contribution in [0, 0.1) is 5.82 Å². The second-order valence-corrected chi connectivity index (χ2v) is 3.23. The van der Waals surface area contributed by atoms with E-state index in [1.165, 1.54) is 12.1 Å². The summed E-state index contributed by atoms with van der Waals surface area (Å²) in [5.74, 6) is -1.00. The maximum Gasteiger partial charge on any atom is 0.307 e. The topological polar surface area (TPSA) is 46.5 Å². The van der Waals surface area contributed by atoms with Crippen molar-refractivity contribution in [3.63, 3.8) is 0 Å². The van der Waals surface area contributed by atoms with Crippen molar-refractivity contribution in [2.75, 3.05) is 6.61 Å². The van der Waals surface area contributed by atoms with Crippen molar-refractivity contribution < 1.29 is 19.0 Å². The van der Waals surface area contributed by atoms with Crippen LogP contribution < -0.4 is 4.74 Å². The highest BCUT2D eigenvalue weighted by Gasteiger charge is 2.16. The van der Waals surface area contributed by atoms with E-state index in [0.717, 1.165) is 0 Å². The van der Waals surface area contributed by atoms with Crippen molar-refractivity contribution in [3.05, 3.63) is 35.2 Å². The standard InChI is InChI=1S/C11H9FO3/c12-9-4-3-7(6-10(13)14)11-8(9)2-1-5-15-11/h1-4H,5-6H2,(H,13,14). The molecule has 0 aliphatic carbocycles. The van der Waals surface area contributed by atoms with Crippen LogP contribution in [0.15, 0.2) is 18.2 Å². The van der Waals surface area contributed by atoms with E-state index in [0.29, 0.717) is 23.5 Å². The van der Waals surface area contributed by atoms with Gasteiger partial charge in [0.25, 0.3) is 0 Å². The lowest BCUT2D eigenvalue weighted by Crippen LogP contribution is -2.08. The van der Waals surface area contributed by atoms with Crippen LogP contribution in [0.1, 0.15) is 11.1 Å². The van der Waals surface area contributed by atoms with E-state index < -0.39 is 11.8 Å². The van der Waals surface area contributed by atoms with Gasteiger partial charge in [-0.2, -0.15) is 0 Å². The quantitative estimate of drug-likeness (QED) is 0.806. The van der Waals surface area contributed by atoms with Crippen molar-refractivity contribution in [1.82, 2.24) is 0 Å². The van der Waals surface area contributed by atoms with Crippen LogP contribution in [0.3, 0.4) is 0 Å². The van der Waals surface area contributed by atoms with Crippen LogP contribution in [-0.2, 0) is 11.2 Å². The zero-order valence-electron chi connectivity index (χ0n) is 7.87. The Hall–Kier alpha value is -1.84. The number of fused-ring (bicyclic) bond motifs is 1. The molecule has 1 aliphatic rings.